The number of nitrogens with zero attached hydrogens (tertiary/aromatic N) is 2. The van der Waals surface area contributed by atoms with Crippen LogP contribution in [0.3, 0.4) is 0 Å². The van der Waals surface area contributed by atoms with Gasteiger partial charge in [0.15, 0.2) is 9.84 Å². The van der Waals surface area contributed by atoms with Crippen LogP contribution >= 0.6 is 0 Å². The molecule has 1 aromatic carbocycles. The van der Waals surface area contributed by atoms with Crippen LogP contribution in [0.15, 0.2) is 30.3 Å². The van der Waals surface area contributed by atoms with Gasteiger partial charge < -0.3 is 4.90 Å². The largest absolute Gasteiger partial charge is 0.335 e. The smallest absolute Gasteiger partial charge is 0.237 e. The van der Waals surface area contributed by atoms with E-state index in [9.17, 15) is 13.2 Å². The number of carbonyl (C=O) groups excluding carboxylic acids is 1. The van der Waals surface area contributed by atoms with Gasteiger partial charge in [-0.05, 0) is 32.4 Å². The van der Waals surface area contributed by atoms with Crippen LogP contribution in [0.1, 0.15) is 32.8 Å². The lowest BCUT2D eigenvalue weighted by Gasteiger charge is -2.32. The summed E-state index contributed by atoms with van der Waals surface area (Å²) in [5.41, 5.74) is 1.10. The molecule has 0 aliphatic carbocycles. The van der Waals surface area contributed by atoms with Crippen molar-refractivity contribution in [2.24, 2.45) is 0 Å². The summed E-state index contributed by atoms with van der Waals surface area (Å²) < 4.78 is 23.4. The monoisotopic (exact) mass is 352 g/mol. The molecule has 1 saturated heterocycles. The number of sulfone groups is 1. The third-order valence-electron chi connectivity index (χ3n) is 4.61. The van der Waals surface area contributed by atoms with Crippen molar-refractivity contribution >= 4 is 15.7 Å². The number of amides is 1. The molecule has 5 nitrogen and oxygen atoms in total. The Balaban J connectivity index is 2.03. The van der Waals surface area contributed by atoms with Crippen molar-refractivity contribution in [1.82, 2.24) is 9.80 Å². The molecule has 0 spiro atoms. The van der Waals surface area contributed by atoms with Gasteiger partial charge in [0.1, 0.15) is 0 Å². The first-order valence-electron chi connectivity index (χ1n) is 8.60. The molecule has 0 radical (unpaired) electrons. The fourth-order valence-electron chi connectivity index (χ4n) is 3.17. The van der Waals surface area contributed by atoms with Gasteiger partial charge in [0, 0.05) is 18.6 Å². The van der Waals surface area contributed by atoms with E-state index in [0.717, 1.165) is 5.56 Å². The highest BCUT2D eigenvalue weighted by Crippen LogP contribution is 2.18. The van der Waals surface area contributed by atoms with Crippen molar-refractivity contribution < 1.29 is 13.2 Å². The minimum absolute atomic E-state index is 0.0327. The minimum Gasteiger partial charge on any atom is -0.335 e. The Labute approximate surface area is 145 Å². The fourth-order valence-corrected chi connectivity index (χ4v) is 4.93. The van der Waals surface area contributed by atoms with Gasteiger partial charge in [-0.3, -0.25) is 9.69 Å². The second-order valence-corrected chi connectivity index (χ2v) is 8.95. The van der Waals surface area contributed by atoms with Crippen molar-refractivity contribution in [3.63, 3.8) is 0 Å². The maximum Gasteiger partial charge on any atom is 0.237 e. The van der Waals surface area contributed by atoms with Crippen molar-refractivity contribution in [2.75, 3.05) is 24.6 Å². The number of benzene rings is 1. The van der Waals surface area contributed by atoms with Crippen LogP contribution in [0, 0.1) is 0 Å². The van der Waals surface area contributed by atoms with Gasteiger partial charge >= 0.3 is 0 Å². The molecule has 1 aromatic rings. The zero-order chi connectivity index (χ0) is 17.7. The topological polar surface area (TPSA) is 57.7 Å². The summed E-state index contributed by atoms with van der Waals surface area (Å²) >= 11 is 0. The zero-order valence-corrected chi connectivity index (χ0v) is 15.6. The Morgan fingerprint density at radius 2 is 1.92 bits per heavy atom. The number of hydrogen-bond acceptors (Lipinski definition) is 4. The molecule has 2 rings (SSSR count). The number of hydrogen-bond donors (Lipinski definition) is 0. The number of rotatable bonds is 7. The molecule has 1 aliphatic rings. The molecule has 1 fully saturated rings. The van der Waals surface area contributed by atoms with Crippen LogP contribution in [0.2, 0.25) is 0 Å². The first-order valence-corrected chi connectivity index (χ1v) is 10.4. The first kappa shape index (κ1) is 18.9. The predicted octanol–water partition coefficient (Wildman–Crippen LogP) is 1.93. The van der Waals surface area contributed by atoms with E-state index in [1.54, 1.807) is 0 Å². The van der Waals surface area contributed by atoms with Gasteiger partial charge in [0.05, 0.1) is 18.1 Å². The van der Waals surface area contributed by atoms with E-state index in [0.29, 0.717) is 19.5 Å². The van der Waals surface area contributed by atoms with Gasteiger partial charge in [-0.15, -0.1) is 0 Å². The van der Waals surface area contributed by atoms with E-state index in [-0.39, 0.29) is 36.0 Å². The van der Waals surface area contributed by atoms with Crippen molar-refractivity contribution in [1.29, 1.82) is 0 Å². The molecule has 1 unspecified atom stereocenters. The van der Waals surface area contributed by atoms with E-state index in [4.69, 9.17) is 0 Å². The molecule has 1 atom stereocenters. The minimum atomic E-state index is -2.94. The SMILES string of the molecule is CCN(CC(=O)N(Cc1ccccc1)C(C)C)C1CCS(=O)(=O)C1. The average molecular weight is 353 g/mol. The van der Waals surface area contributed by atoms with Crippen molar-refractivity contribution in [2.45, 2.75) is 45.8 Å². The lowest BCUT2D eigenvalue weighted by molar-refractivity contribution is -0.135. The summed E-state index contributed by atoms with van der Waals surface area (Å²) in [5.74, 6) is 0.467. The fraction of sp³-hybridized carbons (Fsp3) is 0.611. The molecule has 0 N–H and O–H groups in total. The average Bonchev–Trinajstić information content (AvgIpc) is 2.90. The molecular weight excluding hydrogens is 324 g/mol. The summed E-state index contributed by atoms with van der Waals surface area (Å²) in [7, 11) is -2.94. The Kier molecular flexibility index (Phi) is 6.40. The number of likely N-dealkylation sites (N-methyl/N-ethyl adjacent to an activating group) is 1. The summed E-state index contributed by atoms with van der Waals surface area (Å²) in [6, 6.07) is 10.0. The van der Waals surface area contributed by atoms with E-state index >= 15 is 0 Å². The third-order valence-corrected chi connectivity index (χ3v) is 6.36. The van der Waals surface area contributed by atoms with Crippen LogP contribution in [0.5, 0.6) is 0 Å². The molecule has 134 valence electrons. The Morgan fingerprint density at radius 3 is 2.42 bits per heavy atom. The summed E-state index contributed by atoms with van der Waals surface area (Å²) in [6.07, 6.45) is 0.629. The van der Waals surface area contributed by atoms with Crippen LogP contribution < -0.4 is 0 Å². The van der Waals surface area contributed by atoms with Gasteiger partial charge in [-0.2, -0.15) is 0 Å². The highest BCUT2D eigenvalue weighted by atomic mass is 32.2. The van der Waals surface area contributed by atoms with E-state index in [1.807, 2.05) is 60.9 Å². The molecule has 1 aliphatic heterocycles. The molecule has 6 heteroatoms. The highest BCUT2D eigenvalue weighted by molar-refractivity contribution is 7.91. The summed E-state index contributed by atoms with van der Waals surface area (Å²) in [6.45, 7) is 7.55. The molecule has 1 amide bonds. The van der Waals surface area contributed by atoms with Gasteiger partial charge in [0.25, 0.3) is 0 Å². The Morgan fingerprint density at radius 1 is 1.25 bits per heavy atom. The van der Waals surface area contributed by atoms with E-state index in [1.165, 1.54) is 0 Å². The molecular formula is C18H28N2O3S. The van der Waals surface area contributed by atoms with E-state index in [2.05, 4.69) is 0 Å². The normalized spacial score (nSPS) is 19.8. The summed E-state index contributed by atoms with van der Waals surface area (Å²) in [5, 5.41) is 0. The molecule has 24 heavy (non-hydrogen) atoms. The summed E-state index contributed by atoms with van der Waals surface area (Å²) in [4.78, 5) is 16.7. The van der Waals surface area contributed by atoms with E-state index < -0.39 is 9.84 Å². The Bertz CT molecular complexity index is 643. The Hall–Kier alpha value is -1.40. The van der Waals surface area contributed by atoms with Crippen molar-refractivity contribution in [3.8, 4) is 0 Å². The lowest BCUT2D eigenvalue weighted by Crippen LogP contribution is -2.46. The zero-order valence-electron chi connectivity index (χ0n) is 14.8. The second kappa shape index (κ2) is 8.12. The first-order chi connectivity index (χ1) is 11.3. The van der Waals surface area contributed by atoms with Gasteiger partial charge in [-0.1, -0.05) is 37.3 Å². The van der Waals surface area contributed by atoms with Gasteiger partial charge in [-0.25, -0.2) is 8.42 Å². The molecule has 0 saturated carbocycles. The van der Waals surface area contributed by atoms with Crippen LogP contribution in [-0.2, 0) is 21.2 Å². The molecule has 1 heterocycles. The maximum absolute atomic E-state index is 12.8. The van der Waals surface area contributed by atoms with Crippen LogP contribution in [-0.4, -0.2) is 60.8 Å². The van der Waals surface area contributed by atoms with Gasteiger partial charge in [0.2, 0.25) is 5.91 Å². The predicted molar refractivity (Wildman–Crippen MR) is 96.4 cm³/mol. The highest BCUT2D eigenvalue weighted by Gasteiger charge is 2.33. The lowest BCUT2D eigenvalue weighted by atomic mass is 10.1. The standard InChI is InChI=1S/C18H28N2O3S/c1-4-19(17-10-11-24(22,23)14-17)13-18(21)20(15(2)3)12-16-8-6-5-7-9-16/h5-9,15,17H,4,10-14H2,1-3H3. The quantitative estimate of drug-likeness (QED) is 0.752. The molecule has 0 aromatic heterocycles. The van der Waals surface area contributed by atoms with Crippen molar-refractivity contribution in [3.05, 3.63) is 35.9 Å². The van der Waals surface area contributed by atoms with Crippen LogP contribution in [0.25, 0.3) is 0 Å². The second-order valence-electron chi connectivity index (χ2n) is 6.72. The van der Waals surface area contributed by atoms with Crippen LogP contribution in [0.4, 0.5) is 0 Å². The number of carbonyl (C=O) groups is 1. The molecule has 0 bridgehead atoms. The third kappa shape index (κ3) is 5.05. The maximum atomic E-state index is 12.8.